The first-order chi connectivity index (χ1) is 12.3. The van der Waals surface area contributed by atoms with E-state index in [-0.39, 0.29) is 18.1 Å². The Morgan fingerprint density at radius 3 is 2.73 bits per heavy atom. The minimum atomic E-state index is -4.52. The van der Waals surface area contributed by atoms with E-state index in [1.54, 1.807) is 11.6 Å². The maximum absolute atomic E-state index is 12.7. The summed E-state index contributed by atoms with van der Waals surface area (Å²) in [6, 6.07) is 3.56. The molecule has 0 aliphatic rings. The molecule has 3 aromatic rings. The minimum Gasteiger partial charge on any atom is -0.316 e. The maximum Gasteiger partial charge on any atom is 0.433 e. The van der Waals surface area contributed by atoms with Crippen molar-refractivity contribution < 1.29 is 18.0 Å². The fourth-order valence-electron chi connectivity index (χ4n) is 1.96. The van der Waals surface area contributed by atoms with Crippen LogP contribution in [0.2, 0.25) is 0 Å². The molecule has 0 fully saturated rings. The van der Waals surface area contributed by atoms with Gasteiger partial charge in [0, 0.05) is 16.5 Å². The van der Waals surface area contributed by atoms with Gasteiger partial charge in [-0.05, 0) is 19.1 Å². The van der Waals surface area contributed by atoms with Gasteiger partial charge >= 0.3 is 6.18 Å². The SMILES string of the molecule is Cc1cnc(NC(=O)Cc2csc(Nc3cccc(C(F)(F)F)n3)n2)s1. The smallest absolute Gasteiger partial charge is 0.316 e. The quantitative estimate of drug-likeness (QED) is 0.671. The average molecular weight is 399 g/mol. The van der Waals surface area contributed by atoms with Crippen molar-refractivity contribution in [2.45, 2.75) is 19.5 Å². The van der Waals surface area contributed by atoms with Gasteiger partial charge in [0.05, 0.1) is 12.1 Å². The molecule has 0 aromatic carbocycles. The van der Waals surface area contributed by atoms with Gasteiger partial charge in [0.2, 0.25) is 5.91 Å². The van der Waals surface area contributed by atoms with Crippen molar-refractivity contribution >= 4 is 44.7 Å². The van der Waals surface area contributed by atoms with Crippen LogP contribution in [-0.4, -0.2) is 20.9 Å². The maximum atomic E-state index is 12.7. The highest BCUT2D eigenvalue weighted by Crippen LogP contribution is 2.29. The Labute approximate surface area is 154 Å². The van der Waals surface area contributed by atoms with Crippen LogP contribution in [0.1, 0.15) is 16.3 Å². The lowest BCUT2D eigenvalue weighted by Gasteiger charge is -2.07. The first-order valence-corrected chi connectivity index (χ1v) is 8.97. The number of carbonyl (C=O) groups is 1. The zero-order valence-corrected chi connectivity index (χ0v) is 14.9. The van der Waals surface area contributed by atoms with E-state index in [2.05, 4.69) is 25.6 Å². The molecule has 0 spiro atoms. The summed E-state index contributed by atoms with van der Waals surface area (Å²) < 4.78 is 38.0. The number of amides is 1. The molecular weight excluding hydrogens is 387 g/mol. The molecule has 11 heteroatoms. The number of nitrogens with one attached hydrogen (secondary N) is 2. The number of thiazole rings is 2. The number of hydrogen-bond acceptors (Lipinski definition) is 7. The van der Waals surface area contributed by atoms with Gasteiger partial charge in [0.25, 0.3) is 0 Å². The molecule has 2 N–H and O–H groups in total. The summed E-state index contributed by atoms with van der Waals surface area (Å²) in [5.74, 6) is -0.239. The molecule has 3 rings (SSSR count). The Morgan fingerprint density at radius 2 is 2.04 bits per heavy atom. The van der Waals surface area contributed by atoms with E-state index >= 15 is 0 Å². The fraction of sp³-hybridized carbons (Fsp3) is 0.200. The van der Waals surface area contributed by atoms with Crippen molar-refractivity contribution in [2.75, 3.05) is 10.6 Å². The third-order valence-electron chi connectivity index (χ3n) is 3.04. The predicted molar refractivity (Wildman–Crippen MR) is 93.8 cm³/mol. The van der Waals surface area contributed by atoms with Gasteiger partial charge < -0.3 is 10.6 Å². The molecule has 6 nitrogen and oxygen atoms in total. The van der Waals surface area contributed by atoms with Gasteiger partial charge in [-0.25, -0.2) is 15.0 Å². The van der Waals surface area contributed by atoms with Crippen molar-refractivity contribution in [3.8, 4) is 0 Å². The lowest BCUT2D eigenvalue weighted by molar-refractivity contribution is -0.141. The summed E-state index contributed by atoms with van der Waals surface area (Å²) in [5, 5.41) is 7.90. The van der Waals surface area contributed by atoms with E-state index < -0.39 is 11.9 Å². The molecule has 1 amide bonds. The second kappa shape index (κ2) is 7.38. The van der Waals surface area contributed by atoms with Crippen LogP contribution in [0.5, 0.6) is 0 Å². The fourth-order valence-corrected chi connectivity index (χ4v) is 3.36. The second-order valence-electron chi connectivity index (χ2n) is 5.18. The summed E-state index contributed by atoms with van der Waals surface area (Å²) in [5.41, 5.74) is -0.493. The Hall–Kier alpha value is -2.53. The summed E-state index contributed by atoms with van der Waals surface area (Å²) >= 11 is 2.54. The Bertz CT molecular complexity index is 922. The van der Waals surface area contributed by atoms with Crippen LogP contribution in [-0.2, 0) is 17.4 Å². The van der Waals surface area contributed by atoms with E-state index in [0.29, 0.717) is 16.0 Å². The lowest BCUT2D eigenvalue weighted by Crippen LogP contribution is -2.14. The monoisotopic (exact) mass is 399 g/mol. The van der Waals surface area contributed by atoms with Crippen molar-refractivity contribution in [3.05, 3.63) is 46.0 Å². The molecule has 3 heterocycles. The summed E-state index contributed by atoms with van der Waals surface area (Å²) in [6.45, 7) is 1.88. The van der Waals surface area contributed by atoms with Crippen molar-refractivity contribution in [3.63, 3.8) is 0 Å². The summed E-state index contributed by atoms with van der Waals surface area (Å²) in [7, 11) is 0. The lowest BCUT2D eigenvalue weighted by atomic mass is 10.3. The molecule has 0 radical (unpaired) electrons. The van der Waals surface area contributed by atoms with Gasteiger partial charge in [-0.3, -0.25) is 4.79 Å². The highest BCUT2D eigenvalue weighted by atomic mass is 32.1. The van der Waals surface area contributed by atoms with Crippen molar-refractivity contribution in [1.29, 1.82) is 0 Å². The van der Waals surface area contributed by atoms with Gasteiger partial charge in [-0.15, -0.1) is 22.7 Å². The molecule has 136 valence electrons. The molecule has 0 aliphatic carbocycles. The molecule has 0 bridgehead atoms. The average Bonchev–Trinajstić information content (AvgIpc) is 3.16. The van der Waals surface area contributed by atoms with Crippen LogP contribution in [0.4, 0.5) is 29.3 Å². The highest BCUT2D eigenvalue weighted by Gasteiger charge is 2.32. The molecule has 26 heavy (non-hydrogen) atoms. The summed E-state index contributed by atoms with van der Waals surface area (Å²) in [6.07, 6.45) is -2.82. The van der Waals surface area contributed by atoms with Crippen molar-refractivity contribution in [1.82, 2.24) is 15.0 Å². The van der Waals surface area contributed by atoms with Crippen LogP contribution < -0.4 is 10.6 Å². The van der Waals surface area contributed by atoms with E-state index in [4.69, 9.17) is 0 Å². The Balaban J connectivity index is 1.62. The number of halogens is 3. The number of rotatable bonds is 5. The number of alkyl halides is 3. The minimum absolute atomic E-state index is 0.0310. The number of nitrogens with zero attached hydrogens (tertiary/aromatic N) is 3. The van der Waals surface area contributed by atoms with Crippen LogP contribution in [0, 0.1) is 6.92 Å². The molecule has 0 saturated carbocycles. The molecule has 0 atom stereocenters. The molecule has 0 saturated heterocycles. The van der Waals surface area contributed by atoms with Crippen molar-refractivity contribution in [2.24, 2.45) is 0 Å². The van der Waals surface area contributed by atoms with Gasteiger partial charge in [-0.1, -0.05) is 6.07 Å². The summed E-state index contributed by atoms with van der Waals surface area (Å²) in [4.78, 5) is 24.7. The van der Waals surface area contributed by atoms with E-state index in [9.17, 15) is 18.0 Å². The van der Waals surface area contributed by atoms with Gasteiger partial charge in [-0.2, -0.15) is 13.2 Å². The number of aromatic nitrogens is 3. The zero-order valence-electron chi connectivity index (χ0n) is 13.3. The number of aryl methyl sites for hydroxylation is 1. The van der Waals surface area contributed by atoms with Crippen LogP contribution in [0.15, 0.2) is 29.8 Å². The third kappa shape index (κ3) is 4.76. The zero-order chi connectivity index (χ0) is 18.7. The first-order valence-electron chi connectivity index (χ1n) is 7.27. The Morgan fingerprint density at radius 1 is 1.23 bits per heavy atom. The number of pyridine rings is 1. The largest absolute Gasteiger partial charge is 0.433 e. The topological polar surface area (TPSA) is 79.8 Å². The molecule has 0 aliphatic heterocycles. The number of anilines is 3. The van der Waals surface area contributed by atoms with E-state index in [1.807, 2.05) is 6.92 Å². The molecule has 3 aromatic heterocycles. The highest BCUT2D eigenvalue weighted by molar-refractivity contribution is 7.15. The molecular formula is C15H12F3N5OS2. The Kier molecular flexibility index (Phi) is 5.18. The standard InChI is InChI=1S/C15H12F3N5OS2/c1-8-6-19-13(26-8)23-12(24)5-9-7-25-14(20-9)22-11-4-2-3-10(21-11)15(16,17)18/h2-4,6-7H,5H2,1H3,(H,19,23,24)(H,20,21,22). The second-order valence-corrected chi connectivity index (χ2v) is 7.27. The number of hydrogen-bond donors (Lipinski definition) is 2. The molecule has 0 unspecified atom stereocenters. The normalized spacial score (nSPS) is 11.4. The van der Waals surface area contributed by atoms with Crippen LogP contribution in [0.3, 0.4) is 0 Å². The van der Waals surface area contributed by atoms with Crippen LogP contribution in [0.25, 0.3) is 0 Å². The van der Waals surface area contributed by atoms with E-state index in [1.165, 1.54) is 34.8 Å². The number of carbonyl (C=O) groups excluding carboxylic acids is 1. The van der Waals surface area contributed by atoms with E-state index in [0.717, 1.165) is 10.9 Å². The van der Waals surface area contributed by atoms with Crippen LogP contribution >= 0.6 is 22.7 Å². The van der Waals surface area contributed by atoms with Gasteiger partial charge in [0.15, 0.2) is 10.3 Å². The van der Waals surface area contributed by atoms with Gasteiger partial charge in [0.1, 0.15) is 11.5 Å². The predicted octanol–water partition coefficient (Wildman–Crippen LogP) is 4.25. The third-order valence-corrected chi connectivity index (χ3v) is 4.67. The first kappa shape index (κ1) is 18.3.